The number of methoxy groups -OCH3 is 1. The van der Waals surface area contributed by atoms with Gasteiger partial charge in [-0.2, -0.15) is 5.10 Å². The molecule has 1 atom stereocenters. The van der Waals surface area contributed by atoms with E-state index in [1.54, 1.807) is 12.1 Å². The maximum Gasteiger partial charge on any atom is 0.308 e. The van der Waals surface area contributed by atoms with Gasteiger partial charge in [0.25, 0.3) is 5.91 Å². The Hall–Kier alpha value is -3.82. The van der Waals surface area contributed by atoms with Crippen LogP contribution in [-0.4, -0.2) is 63.0 Å². The predicted octanol–water partition coefficient (Wildman–Crippen LogP) is 2.73. The number of benzene rings is 1. The van der Waals surface area contributed by atoms with Crippen molar-refractivity contribution in [3.63, 3.8) is 0 Å². The number of hydrogen-bond donors (Lipinski definition) is 1. The Morgan fingerprint density at radius 3 is 2.54 bits per heavy atom. The Bertz CT molecular complexity index is 1310. The number of hydrogen-bond acceptors (Lipinski definition) is 6. The van der Waals surface area contributed by atoms with Crippen LogP contribution in [0.4, 0.5) is 4.39 Å². The van der Waals surface area contributed by atoms with Crippen LogP contribution < -0.4 is 5.32 Å². The van der Waals surface area contributed by atoms with Gasteiger partial charge in [-0.25, -0.2) is 13.9 Å². The Morgan fingerprint density at radius 2 is 1.91 bits per heavy atom. The van der Waals surface area contributed by atoms with E-state index >= 15 is 0 Å². The molecule has 0 aliphatic carbocycles. The first-order valence-corrected chi connectivity index (χ1v) is 11.3. The number of carbonyl (C=O) groups excluding carboxylic acids is 3. The summed E-state index contributed by atoms with van der Waals surface area (Å²) in [5.74, 6) is -1.86. The maximum absolute atomic E-state index is 13.6. The van der Waals surface area contributed by atoms with E-state index in [1.165, 1.54) is 41.8 Å². The van der Waals surface area contributed by atoms with Gasteiger partial charge in [-0.1, -0.05) is 20.8 Å². The zero-order valence-corrected chi connectivity index (χ0v) is 20.4. The number of carbonyl (C=O) groups is 3. The van der Waals surface area contributed by atoms with Crippen LogP contribution >= 0.6 is 0 Å². The number of aromatic nitrogens is 3. The second-order valence-corrected chi connectivity index (χ2v) is 9.83. The summed E-state index contributed by atoms with van der Waals surface area (Å²) in [4.78, 5) is 44.3. The van der Waals surface area contributed by atoms with Gasteiger partial charge in [-0.3, -0.25) is 14.4 Å². The van der Waals surface area contributed by atoms with E-state index in [0.717, 1.165) is 11.1 Å². The van der Waals surface area contributed by atoms with Crippen molar-refractivity contribution in [2.75, 3.05) is 20.2 Å². The van der Waals surface area contributed by atoms with Crippen molar-refractivity contribution >= 4 is 23.4 Å². The average Bonchev–Trinajstić information content (AvgIpc) is 3.23. The minimum atomic E-state index is -1.42. The van der Waals surface area contributed by atoms with Crippen molar-refractivity contribution in [1.82, 2.24) is 24.8 Å². The number of piperazine rings is 1. The van der Waals surface area contributed by atoms with E-state index in [0.29, 0.717) is 11.3 Å². The number of halogens is 1. The lowest BCUT2D eigenvalue weighted by Gasteiger charge is -2.42. The molecular weight excluding hydrogens is 453 g/mol. The van der Waals surface area contributed by atoms with Crippen LogP contribution in [0.25, 0.3) is 16.9 Å². The molecule has 1 N–H and O–H groups in total. The number of ether oxygens (including phenoxy) is 1. The standard InChI is InChI=1S/C25H28FN5O4/c1-24(2,3)17-12-18(15-6-8-16(26)9-7-15)29-31-14-19(28-21(17)31)22(33)30-11-10-27-23(34)25(30,4)13-20(32)35-5/h6-9,12,14H,10-11,13H2,1-5H3,(H,27,34). The molecule has 184 valence electrons. The van der Waals surface area contributed by atoms with Crippen molar-refractivity contribution in [3.05, 3.63) is 53.6 Å². The van der Waals surface area contributed by atoms with Gasteiger partial charge in [0.2, 0.25) is 5.91 Å². The molecule has 3 aromatic rings. The smallest absolute Gasteiger partial charge is 0.308 e. The van der Waals surface area contributed by atoms with Gasteiger partial charge in [0, 0.05) is 24.2 Å². The zero-order valence-electron chi connectivity index (χ0n) is 20.4. The highest BCUT2D eigenvalue weighted by atomic mass is 19.1. The van der Waals surface area contributed by atoms with Crippen molar-refractivity contribution in [1.29, 1.82) is 0 Å². The fourth-order valence-electron chi connectivity index (χ4n) is 4.23. The van der Waals surface area contributed by atoms with Crippen LogP contribution in [0, 0.1) is 5.82 Å². The van der Waals surface area contributed by atoms with Crippen molar-refractivity contribution in [3.8, 4) is 11.3 Å². The summed E-state index contributed by atoms with van der Waals surface area (Å²) >= 11 is 0. The molecule has 35 heavy (non-hydrogen) atoms. The Balaban J connectivity index is 1.81. The van der Waals surface area contributed by atoms with E-state index < -0.39 is 23.3 Å². The molecule has 1 aliphatic heterocycles. The molecule has 2 amide bonds. The summed E-state index contributed by atoms with van der Waals surface area (Å²) < 4.78 is 19.7. The highest BCUT2D eigenvalue weighted by molar-refractivity contribution is 6.00. The lowest BCUT2D eigenvalue weighted by atomic mass is 9.87. The molecule has 0 spiro atoms. The molecule has 4 rings (SSSR count). The first kappa shape index (κ1) is 24.3. The third-order valence-electron chi connectivity index (χ3n) is 6.26. The van der Waals surface area contributed by atoms with E-state index in [4.69, 9.17) is 4.74 Å². The van der Waals surface area contributed by atoms with Gasteiger partial charge in [0.1, 0.15) is 17.1 Å². The second kappa shape index (κ2) is 8.75. The quantitative estimate of drug-likeness (QED) is 0.575. The Morgan fingerprint density at radius 1 is 1.23 bits per heavy atom. The molecule has 9 nitrogen and oxygen atoms in total. The van der Waals surface area contributed by atoms with Gasteiger partial charge >= 0.3 is 5.97 Å². The summed E-state index contributed by atoms with van der Waals surface area (Å²) in [6.07, 6.45) is 1.24. The predicted molar refractivity (Wildman–Crippen MR) is 126 cm³/mol. The minimum Gasteiger partial charge on any atom is -0.469 e. The van der Waals surface area contributed by atoms with Gasteiger partial charge in [0.15, 0.2) is 5.65 Å². The van der Waals surface area contributed by atoms with Gasteiger partial charge < -0.3 is 15.0 Å². The minimum absolute atomic E-state index is 0.102. The summed E-state index contributed by atoms with van der Waals surface area (Å²) in [5.41, 5.74) is 1.02. The fourth-order valence-corrected chi connectivity index (χ4v) is 4.23. The molecule has 0 radical (unpaired) electrons. The molecule has 1 aliphatic rings. The lowest BCUT2D eigenvalue weighted by molar-refractivity contribution is -0.149. The molecule has 1 unspecified atom stereocenters. The number of esters is 1. The summed E-state index contributed by atoms with van der Waals surface area (Å²) in [6.45, 7) is 8.08. The van der Waals surface area contributed by atoms with E-state index in [2.05, 4.69) is 15.4 Å². The molecule has 3 heterocycles. The van der Waals surface area contributed by atoms with Gasteiger partial charge in [0.05, 0.1) is 25.4 Å². The SMILES string of the molecule is COC(=O)CC1(C)C(=O)NCCN1C(=O)c1cn2nc(-c3ccc(F)cc3)cc(C(C)(C)C)c2n1. The molecule has 1 aromatic carbocycles. The van der Waals surface area contributed by atoms with Crippen molar-refractivity contribution in [2.24, 2.45) is 0 Å². The van der Waals surface area contributed by atoms with Crippen LogP contribution in [0.15, 0.2) is 36.5 Å². The molecule has 2 aromatic heterocycles. The van der Waals surface area contributed by atoms with Crippen LogP contribution in [0.5, 0.6) is 0 Å². The molecule has 1 saturated heterocycles. The molecule has 10 heteroatoms. The number of rotatable bonds is 4. The largest absolute Gasteiger partial charge is 0.469 e. The second-order valence-electron chi connectivity index (χ2n) is 9.83. The van der Waals surface area contributed by atoms with E-state index in [-0.39, 0.29) is 36.4 Å². The van der Waals surface area contributed by atoms with Crippen LogP contribution in [0.1, 0.15) is 50.2 Å². The number of fused-ring (bicyclic) bond motifs is 1. The monoisotopic (exact) mass is 481 g/mol. The highest BCUT2D eigenvalue weighted by Crippen LogP contribution is 2.31. The number of nitrogens with one attached hydrogen (secondary N) is 1. The third-order valence-corrected chi connectivity index (χ3v) is 6.26. The van der Waals surface area contributed by atoms with E-state index in [9.17, 15) is 18.8 Å². The van der Waals surface area contributed by atoms with Gasteiger partial charge in [-0.15, -0.1) is 0 Å². The number of amides is 2. The molecule has 0 bridgehead atoms. The number of imidazole rings is 1. The topological polar surface area (TPSA) is 106 Å². The lowest BCUT2D eigenvalue weighted by Crippen LogP contribution is -2.65. The maximum atomic E-state index is 13.6. The molecular formula is C25H28FN5O4. The molecule has 1 fully saturated rings. The van der Waals surface area contributed by atoms with Crippen LogP contribution in [-0.2, 0) is 19.7 Å². The van der Waals surface area contributed by atoms with Crippen molar-refractivity contribution < 1.29 is 23.5 Å². The summed E-state index contributed by atoms with van der Waals surface area (Å²) in [5, 5.41) is 7.34. The first-order chi connectivity index (χ1) is 16.4. The first-order valence-electron chi connectivity index (χ1n) is 11.3. The normalized spacial score (nSPS) is 18.5. The number of nitrogens with zero attached hydrogens (tertiary/aromatic N) is 4. The fraction of sp³-hybridized carbons (Fsp3) is 0.400. The third kappa shape index (κ3) is 4.48. The Kier molecular flexibility index (Phi) is 6.08. The van der Waals surface area contributed by atoms with E-state index in [1.807, 2.05) is 26.8 Å². The van der Waals surface area contributed by atoms with Crippen molar-refractivity contribution in [2.45, 2.75) is 45.1 Å². The van der Waals surface area contributed by atoms with Crippen LogP contribution in [0.2, 0.25) is 0 Å². The summed E-state index contributed by atoms with van der Waals surface area (Å²) in [6, 6.07) is 7.90. The average molecular weight is 482 g/mol. The highest BCUT2D eigenvalue weighted by Gasteiger charge is 2.47. The Labute approximate surface area is 202 Å². The zero-order chi connectivity index (χ0) is 25.5. The summed E-state index contributed by atoms with van der Waals surface area (Å²) in [7, 11) is 1.24. The van der Waals surface area contributed by atoms with Crippen LogP contribution in [0.3, 0.4) is 0 Å². The van der Waals surface area contributed by atoms with Gasteiger partial charge in [-0.05, 0) is 42.7 Å². The molecule has 0 saturated carbocycles.